The van der Waals surface area contributed by atoms with Crippen LogP contribution in [0, 0.1) is 0 Å². The van der Waals surface area contributed by atoms with Gasteiger partial charge in [-0.15, -0.1) is 0 Å². The van der Waals surface area contributed by atoms with E-state index in [1.807, 2.05) is 30.5 Å². The Labute approximate surface area is 138 Å². The number of nitrogens with one attached hydrogen (secondary N) is 2. The first-order valence-corrected chi connectivity index (χ1v) is 8.84. The van der Waals surface area contributed by atoms with Gasteiger partial charge in [-0.1, -0.05) is 12.1 Å². The number of aromatic nitrogens is 2. The van der Waals surface area contributed by atoms with Crippen molar-refractivity contribution in [3.05, 3.63) is 35.5 Å². The molecule has 0 unspecified atom stereocenters. The number of ether oxygens (including phenoxy) is 1. The molecule has 0 bridgehead atoms. The standard InChI is InChI=1S/C16H19N3O3S/c1-23-7-6-10(8-20)17-16(21)15-12-9-22-13-5-3-2-4-11(13)14(12)18-19-15/h2-5,10,20H,6-9H2,1H3,(H,17,21)(H,18,19)/t10-/m0/s1. The molecule has 1 aromatic carbocycles. The zero-order chi connectivity index (χ0) is 16.2. The number of para-hydroxylation sites is 1. The maximum absolute atomic E-state index is 12.5. The number of fused-ring (bicyclic) bond motifs is 3. The molecule has 2 heterocycles. The fourth-order valence-electron chi connectivity index (χ4n) is 2.58. The van der Waals surface area contributed by atoms with E-state index in [0.29, 0.717) is 12.3 Å². The van der Waals surface area contributed by atoms with E-state index in [4.69, 9.17) is 4.74 Å². The smallest absolute Gasteiger partial charge is 0.270 e. The first-order chi connectivity index (χ1) is 11.2. The van der Waals surface area contributed by atoms with Crippen LogP contribution in [0.5, 0.6) is 5.75 Å². The molecule has 0 radical (unpaired) electrons. The molecular formula is C16H19N3O3S. The third kappa shape index (κ3) is 3.20. The van der Waals surface area contributed by atoms with Gasteiger partial charge in [-0.2, -0.15) is 16.9 Å². The molecular weight excluding hydrogens is 314 g/mol. The molecule has 3 N–H and O–H groups in total. The van der Waals surface area contributed by atoms with E-state index in [2.05, 4.69) is 15.5 Å². The topological polar surface area (TPSA) is 87.2 Å². The summed E-state index contributed by atoms with van der Waals surface area (Å²) in [6.45, 7) is 0.224. The summed E-state index contributed by atoms with van der Waals surface area (Å²) < 4.78 is 5.70. The zero-order valence-corrected chi connectivity index (χ0v) is 13.7. The number of nitrogens with zero attached hydrogens (tertiary/aromatic N) is 1. The number of hydrogen-bond acceptors (Lipinski definition) is 5. The van der Waals surface area contributed by atoms with E-state index >= 15 is 0 Å². The van der Waals surface area contributed by atoms with E-state index in [1.54, 1.807) is 11.8 Å². The van der Waals surface area contributed by atoms with Crippen LogP contribution in [0.1, 0.15) is 22.5 Å². The Kier molecular flexibility index (Phi) is 4.88. The van der Waals surface area contributed by atoms with Gasteiger partial charge in [0, 0.05) is 11.1 Å². The van der Waals surface area contributed by atoms with Crippen LogP contribution >= 0.6 is 11.8 Å². The Morgan fingerprint density at radius 2 is 2.35 bits per heavy atom. The Morgan fingerprint density at radius 1 is 1.52 bits per heavy atom. The van der Waals surface area contributed by atoms with Crippen molar-refractivity contribution in [1.29, 1.82) is 0 Å². The number of aliphatic hydroxyl groups is 1. The van der Waals surface area contributed by atoms with Crippen LogP contribution in [0.15, 0.2) is 24.3 Å². The molecule has 2 aromatic rings. The molecule has 3 rings (SSSR count). The molecule has 0 aliphatic carbocycles. The SMILES string of the molecule is CSCC[C@@H](CO)NC(=O)c1[nH]nc2c1COc1ccccc1-2. The predicted octanol–water partition coefficient (Wildman–Crippen LogP) is 1.81. The second-order valence-electron chi connectivity index (χ2n) is 5.35. The molecule has 122 valence electrons. The average molecular weight is 333 g/mol. The normalized spacial score (nSPS) is 13.7. The zero-order valence-electron chi connectivity index (χ0n) is 12.8. The van der Waals surface area contributed by atoms with E-state index in [1.165, 1.54) is 0 Å². The summed E-state index contributed by atoms with van der Waals surface area (Å²) >= 11 is 1.68. The first kappa shape index (κ1) is 15.9. The van der Waals surface area contributed by atoms with Crippen LogP contribution in [0.3, 0.4) is 0 Å². The van der Waals surface area contributed by atoms with Gasteiger partial charge in [0.05, 0.1) is 12.6 Å². The third-order valence-corrected chi connectivity index (χ3v) is 4.48. The number of aliphatic hydroxyl groups excluding tert-OH is 1. The van der Waals surface area contributed by atoms with Crippen molar-refractivity contribution in [3.63, 3.8) is 0 Å². The van der Waals surface area contributed by atoms with Crippen LogP contribution < -0.4 is 10.1 Å². The summed E-state index contributed by atoms with van der Waals surface area (Å²) in [7, 11) is 0. The molecule has 6 nitrogen and oxygen atoms in total. The van der Waals surface area contributed by atoms with Crippen molar-refractivity contribution < 1.29 is 14.6 Å². The molecule has 1 aliphatic rings. The number of amides is 1. The van der Waals surface area contributed by atoms with Gasteiger partial charge in [-0.05, 0) is 30.6 Å². The number of H-pyrrole nitrogens is 1. The number of thioether (sulfide) groups is 1. The fraction of sp³-hybridized carbons (Fsp3) is 0.375. The lowest BCUT2D eigenvalue weighted by Gasteiger charge is -2.18. The molecule has 0 saturated heterocycles. The quantitative estimate of drug-likeness (QED) is 0.750. The lowest BCUT2D eigenvalue weighted by molar-refractivity contribution is 0.0907. The molecule has 1 aromatic heterocycles. The monoisotopic (exact) mass is 333 g/mol. The van der Waals surface area contributed by atoms with Gasteiger partial charge < -0.3 is 15.2 Å². The minimum Gasteiger partial charge on any atom is -0.488 e. The lowest BCUT2D eigenvalue weighted by Crippen LogP contribution is -2.38. The van der Waals surface area contributed by atoms with Gasteiger partial charge in [0.1, 0.15) is 23.7 Å². The molecule has 1 amide bonds. The number of aromatic amines is 1. The van der Waals surface area contributed by atoms with Crippen LogP contribution in [-0.4, -0.2) is 45.9 Å². The molecule has 23 heavy (non-hydrogen) atoms. The summed E-state index contributed by atoms with van der Waals surface area (Å²) in [5, 5.41) is 19.3. The van der Waals surface area contributed by atoms with Crippen molar-refractivity contribution >= 4 is 17.7 Å². The Bertz CT molecular complexity index is 702. The van der Waals surface area contributed by atoms with E-state index in [-0.39, 0.29) is 18.6 Å². The minimum atomic E-state index is -0.262. The number of carbonyl (C=O) groups is 1. The summed E-state index contributed by atoms with van der Waals surface area (Å²) in [6.07, 6.45) is 2.72. The average Bonchev–Trinajstić information content (AvgIpc) is 3.03. The highest BCUT2D eigenvalue weighted by Gasteiger charge is 2.26. The Morgan fingerprint density at radius 3 is 3.13 bits per heavy atom. The van der Waals surface area contributed by atoms with Gasteiger partial charge in [0.15, 0.2) is 0 Å². The number of benzene rings is 1. The summed E-state index contributed by atoms with van der Waals surface area (Å²) in [5.41, 5.74) is 2.78. The van der Waals surface area contributed by atoms with Crippen molar-refractivity contribution in [2.24, 2.45) is 0 Å². The number of hydrogen-bond donors (Lipinski definition) is 3. The number of carbonyl (C=O) groups excluding carboxylic acids is 1. The van der Waals surface area contributed by atoms with E-state index in [9.17, 15) is 9.90 Å². The fourth-order valence-corrected chi connectivity index (χ4v) is 3.10. The first-order valence-electron chi connectivity index (χ1n) is 7.44. The van der Waals surface area contributed by atoms with E-state index < -0.39 is 0 Å². The highest BCUT2D eigenvalue weighted by atomic mass is 32.2. The summed E-state index contributed by atoms with van der Waals surface area (Å²) in [5.74, 6) is 1.39. The van der Waals surface area contributed by atoms with Crippen LogP contribution in [0.2, 0.25) is 0 Å². The molecule has 1 atom stereocenters. The van der Waals surface area contributed by atoms with E-state index in [0.717, 1.165) is 34.7 Å². The summed E-state index contributed by atoms with van der Waals surface area (Å²) in [4.78, 5) is 12.5. The van der Waals surface area contributed by atoms with Gasteiger partial charge in [-0.3, -0.25) is 9.89 Å². The molecule has 1 aliphatic heterocycles. The molecule has 7 heteroatoms. The van der Waals surface area contributed by atoms with Crippen molar-refractivity contribution in [3.8, 4) is 17.0 Å². The minimum absolute atomic E-state index is 0.0814. The highest BCUT2D eigenvalue weighted by Crippen LogP contribution is 2.36. The van der Waals surface area contributed by atoms with Crippen LogP contribution in [0.4, 0.5) is 0 Å². The predicted molar refractivity (Wildman–Crippen MR) is 89.7 cm³/mol. The molecule has 0 fully saturated rings. The van der Waals surface area contributed by atoms with Crippen molar-refractivity contribution in [2.45, 2.75) is 19.1 Å². The maximum atomic E-state index is 12.5. The van der Waals surface area contributed by atoms with Crippen LogP contribution in [-0.2, 0) is 6.61 Å². The lowest BCUT2D eigenvalue weighted by atomic mass is 10.0. The van der Waals surface area contributed by atoms with Gasteiger partial charge in [-0.25, -0.2) is 0 Å². The summed E-state index contributed by atoms with van der Waals surface area (Å²) in [6, 6.07) is 7.37. The van der Waals surface area contributed by atoms with Crippen molar-refractivity contribution in [2.75, 3.05) is 18.6 Å². The number of rotatable bonds is 6. The van der Waals surface area contributed by atoms with Gasteiger partial charge >= 0.3 is 0 Å². The van der Waals surface area contributed by atoms with Crippen LogP contribution in [0.25, 0.3) is 11.3 Å². The second kappa shape index (κ2) is 7.06. The van der Waals surface area contributed by atoms with Gasteiger partial charge in [0.25, 0.3) is 5.91 Å². The molecule has 0 saturated carbocycles. The Balaban J connectivity index is 1.81. The maximum Gasteiger partial charge on any atom is 0.270 e. The van der Waals surface area contributed by atoms with Crippen molar-refractivity contribution in [1.82, 2.24) is 15.5 Å². The highest BCUT2D eigenvalue weighted by molar-refractivity contribution is 7.98. The molecule has 0 spiro atoms. The van der Waals surface area contributed by atoms with Gasteiger partial charge in [0.2, 0.25) is 0 Å². The third-order valence-electron chi connectivity index (χ3n) is 3.83. The largest absolute Gasteiger partial charge is 0.488 e. The Hall–Kier alpha value is -1.99. The second-order valence-corrected chi connectivity index (χ2v) is 6.33.